The standard InChI is InChI=1S/C14H13NO6S2.4Na/c15-12-6-3-5-11(14(12)23(19,20)21)9-8-10-4-1-2-7-13(10)22(16,17)18;;;;/h1-9H,15H2,(H,16,17,18)(H,19,20,21);;;;. The van der Waals surface area contributed by atoms with Crippen molar-refractivity contribution in [3.8, 4) is 0 Å². The number of nitrogens with two attached hydrogens (primary N) is 1. The van der Waals surface area contributed by atoms with E-state index in [0.29, 0.717) is 0 Å². The normalized spacial score (nSPS) is 10.7. The van der Waals surface area contributed by atoms with E-state index < -0.39 is 25.1 Å². The molecule has 0 aliphatic heterocycles. The van der Waals surface area contributed by atoms with E-state index in [0.717, 1.165) is 0 Å². The first-order valence-electron chi connectivity index (χ1n) is 6.21. The van der Waals surface area contributed by atoms with Gasteiger partial charge in [0.2, 0.25) is 0 Å². The molecule has 0 aromatic heterocycles. The van der Waals surface area contributed by atoms with Crippen molar-refractivity contribution in [3.05, 3.63) is 53.6 Å². The third-order valence-electron chi connectivity index (χ3n) is 2.97. The van der Waals surface area contributed by atoms with Crippen LogP contribution < -0.4 is 5.73 Å². The molecule has 0 bridgehead atoms. The van der Waals surface area contributed by atoms with Crippen LogP contribution >= 0.6 is 0 Å². The Morgan fingerprint density at radius 2 is 1.19 bits per heavy atom. The van der Waals surface area contributed by atoms with E-state index in [9.17, 15) is 25.9 Å². The van der Waals surface area contributed by atoms with Crippen LogP contribution in [0.3, 0.4) is 0 Å². The predicted octanol–water partition coefficient (Wildman–Crippen LogP) is 0.409. The van der Waals surface area contributed by atoms with Gasteiger partial charge in [-0.2, -0.15) is 16.8 Å². The van der Waals surface area contributed by atoms with Gasteiger partial charge in [-0.1, -0.05) is 42.5 Å². The first-order valence-corrected chi connectivity index (χ1v) is 9.09. The molecule has 0 heterocycles. The Balaban J connectivity index is -0.00000144. The average Bonchev–Trinajstić information content (AvgIpc) is 2.43. The van der Waals surface area contributed by atoms with E-state index >= 15 is 0 Å². The number of hydrogen-bond donors (Lipinski definition) is 3. The maximum atomic E-state index is 11.4. The van der Waals surface area contributed by atoms with E-state index in [1.807, 2.05) is 0 Å². The number of rotatable bonds is 4. The van der Waals surface area contributed by atoms with Crippen molar-refractivity contribution in [1.29, 1.82) is 0 Å². The molecule has 7 nitrogen and oxygen atoms in total. The minimum absolute atomic E-state index is 0. The van der Waals surface area contributed by atoms with E-state index in [1.165, 1.54) is 48.6 Å². The van der Waals surface area contributed by atoms with Crippen LogP contribution in [0.2, 0.25) is 0 Å². The fourth-order valence-corrected chi connectivity index (χ4v) is 3.52. The molecule has 0 atom stereocenters. The Hall–Kier alpha value is 1.80. The summed E-state index contributed by atoms with van der Waals surface area (Å²) in [4.78, 5) is -0.797. The second-order valence-electron chi connectivity index (χ2n) is 4.59. The molecule has 0 aliphatic carbocycles. The first-order chi connectivity index (χ1) is 10.6. The minimum Gasteiger partial charge on any atom is -0.398 e. The van der Waals surface area contributed by atoms with Crippen LogP contribution in [0, 0.1) is 0 Å². The van der Waals surface area contributed by atoms with Crippen LogP contribution in [0.5, 0.6) is 0 Å². The molecule has 4 N–H and O–H groups in total. The Kier molecular flexibility index (Phi) is 17.3. The maximum absolute atomic E-state index is 11.4. The molecule has 0 unspecified atom stereocenters. The Morgan fingerprint density at radius 3 is 1.70 bits per heavy atom. The van der Waals surface area contributed by atoms with Crippen LogP contribution in [0.15, 0.2) is 52.3 Å². The van der Waals surface area contributed by atoms with Gasteiger partial charge in [-0.05, 0) is 23.3 Å². The molecule has 0 saturated carbocycles. The van der Waals surface area contributed by atoms with Crippen molar-refractivity contribution in [2.24, 2.45) is 0 Å². The van der Waals surface area contributed by atoms with Crippen molar-refractivity contribution < 1.29 is 25.9 Å². The second-order valence-corrected chi connectivity index (χ2v) is 7.34. The second kappa shape index (κ2) is 14.0. The van der Waals surface area contributed by atoms with Gasteiger partial charge in [0.05, 0.1) is 5.69 Å². The fraction of sp³-hybridized carbons (Fsp3) is 0. The van der Waals surface area contributed by atoms with Gasteiger partial charge in [0, 0.05) is 118 Å². The molecule has 0 fully saturated rings. The molecule has 0 amide bonds. The summed E-state index contributed by atoms with van der Waals surface area (Å²) in [5.74, 6) is 0. The number of anilines is 1. The average molecular weight is 447 g/mol. The summed E-state index contributed by atoms with van der Waals surface area (Å²) in [6.07, 6.45) is 2.58. The Labute approximate surface area is 247 Å². The van der Waals surface area contributed by atoms with E-state index in [1.54, 1.807) is 6.07 Å². The van der Waals surface area contributed by atoms with Crippen molar-refractivity contribution >= 4 is 156 Å². The predicted molar refractivity (Wildman–Crippen MR) is 109 cm³/mol. The van der Waals surface area contributed by atoms with Gasteiger partial charge >= 0.3 is 0 Å². The van der Waals surface area contributed by atoms with E-state index in [4.69, 9.17) is 5.73 Å². The monoisotopic (exact) mass is 447 g/mol. The van der Waals surface area contributed by atoms with Crippen LogP contribution in [0.1, 0.15) is 11.1 Å². The van der Waals surface area contributed by atoms with Crippen LogP contribution in [-0.2, 0) is 20.2 Å². The first kappa shape index (κ1) is 33.4. The molecule has 0 saturated heterocycles. The largest absolute Gasteiger partial charge is 0.398 e. The molecular weight excluding hydrogens is 434 g/mol. The smallest absolute Gasteiger partial charge is 0.297 e. The Bertz CT molecular complexity index is 994. The van der Waals surface area contributed by atoms with Crippen molar-refractivity contribution in [2.75, 3.05) is 5.73 Å². The van der Waals surface area contributed by atoms with E-state index in [2.05, 4.69) is 0 Å². The molecule has 2 rings (SSSR count). The van der Waals surface area contributed by atoms with Crippen molar-refractivity contribution in [3.63, 3.8) is 0 Å². The van der Waals surface area contributed by atoms with Gasteiger partial charge in [0.1, 0.15) is 9.79 Å². The van der Waals surface area contributed by atoms with Gasteiger partial charge in [-0.15, -0.1) is 0 Å². The topological polar surface area (TPSA) is 135 Å². The number of hydrogen-bond acceptors (Lipinski definition) is 5. The fourth-order valence-electron chi connectivity index (χ4n) is 2.04. The molecule has 0 aliphatic rings. The molecule has 2 aromatic rings. The van der Waals surface area contributed by atoms with E-state index in [-0.39, 0.29) is 140 Å². The summed E-state index contributed by atoms with van der Waals surface area (Å²) in [6, 6.07) is 9.82. The summed E-state index contributed by atoms with van der Waals surface area (Å²) in [6.45, 7) is 0. The van der Waals surface area contributed by atoms with Crippen LogP contribution in [-0.4, -0.2) is 144 Å². The molecule has 0 spiro atoms. The zero-order valence-corrected chi connectivity index (χ0v) is 25.3. The summed E-state index contributed by atoms with van der Waals surface area (Å²) in [5, 5.41) is 0. The summed E-state index contributed by atoms with van der Waals surface area (Å²) >= 11 is 0. The summed E-state index contributed by atoms with van der Waals surface area (Å²) in [7, 11) is -8.98. The van der Waals surface area contributed by atoms with Gasteiger partial charge in [0.15, 0.2) is 0 Å². The molecule has 2 aromatic carbocycles. The number of nitrogen functional groups attached to an aromatic ring is 1. The summed E-state index contributed by atoms with van der Waals surface area (Å²) < 4.78 is 63.9. The molecule has 4 radical (unpaired) electrons. The number of benzene rings is 2. The quantitative estimate of drug-likeness (QED) is 0.267. The zero-order chi connectivity index (χ0) is 17.3. The van der Waals surface area contributed by atoms with Crippen molar-refractivity contribution in [1.82, 2.24) is 0 Å². The SMILES string of the molecule is Nc1cccc(C=Cc2ccccc2S(=O)(=O)O)c1S(=O)(=O)O.[Na].[Na].[Na].[Na]. The van der Waals surface area contributed by atoms with Gasteiger partial charge in [-0.3, -0.25) is 9.11 Å². The summed E-state index contributed by atoms with van der Waals surface area (Å²) in [5.41, 5.74) is 5.66. The molecule has 126 valence electrons. The zero-order valence-electron chi connectivity index (χ0n) is 15.6. The van der Waals surface area contributed by atoms with Gasteiger partial charge in [-0.25, -0.2) is 0 Å². The van der Waals surface area contributed by atoms with Crippen molar-refractivity contribution in [2.45, 2.75) is 9.79 Å². The molecular formula is C14H13NNa4O6S2. The van der Waals surface area contributed by atoms with Gasteiger partial charge < -0.3 is 5.73 Å². The molecule has 27 heavy (non-hydrogen) atoms. The van der Waals surface area contributed by atoms with Crippen LogP contribution in [0.4, 0.5) is 5.69 Å². The van der Waals surface area contributed by atoms with Crippen LogP contribution in [0.25, 0.3) is 12.2 Å². The third-order valence-corrected chi connectivity index (χ3v) is 4.89. The Morgan fingerprint density at radius 1 is 0.704 bits per heavy atom. The van der Waals surface area contributed by atoms with Gasteiger partial charge in [0.25, 0.3) is 20.2 Å². The third kappa shape index (κ3) is 9.65. The maximum Gasteiger partial charge on any atom is 0.297 e. The molecule has 13 heteroatoms. The minimum atomic E-state index is -4.55.